The number of aliphatic carboxylic acids is 1. The maximum atomic E-state index is 10.2. The molecule has 0 rings (SSSR count). The van der Waals surface area contributed by atoms with E-state index in [1.54, 1.807) is 0 Å². The van der Waals surface area contributed by atoms with Gasteiger partial charge in [0.25, 0.3) is 0 Å². The predicted octanol–water partition coefficient (Wildman–Crippen LogP) is 3.97. The van der Waals surface area contributed by atoms with Crippen molar-refractivity contribution < 1.29 is 15.0 Å². The topological polar surface area (TPSA) is 60.4 Å². The molecule has 1 unspecified atom stereocenters. The lowest BCUT2D eigenvalue weighted by molar-refractivity contribution is -0.305. The number of rotatable bonds is 16. The van der Waals surface area contributed by atoms with Crippen LogP contribution >= 0.6 is 0 Å². The van der Waals surface area contributed by atoms with E-state index in [-0.39, 0.29) is 12.5 Å². The van der Waals surface area contributed by atoms with Crippen LogP contribution in [0.5, 0.6) is 0 Å². The maximum Gasteiger partial charge on any atom is 0.0540 e. The number of hydrogen-bond acceptors (Lipinski definition) is 3. The number of carbonyl (C=O) groups excluding carboxylic acids is 1. The molecule has 0 saturated heterocycles. The van der Waals surface area contributed by atoms with Crippen LogP contribution in [0.3, 0.4) is 0 Å². The summed E-state index contributed by atoms with van der Waals surface area (Å²) in [6, 6.07) is 0. The Balaban J connectivity index is 3.15. The molecule has 1 atom stereocenters. The Hall–Kier alpha value is -0.570. The average Bonchev–Trinajstić information content (AvgIpc) is 2.45. The van der Waals surface area contributed by atoms with Crippen molar-refractivity contribution in [1.29, 1.82) is 0 Å². The Kier molecular flexibility index (Phi) is 15.4. The minimum atomic E-state index is -0.937. The van der Waals surface area contributed by atoms with Gasteiger partial charge < -0.3 is 15.0 Å². The van der Waals surface area contributed by atoms with Crippen LogP contribution in [-0.4, -0.2) is 17.2 Å². The summed E-state index contributed by atoms with van der Waals surface area (Å²) in [6.07, 6.45) is 15.9. The third kappa shape index (κ3) is 17.4. The summed E-state index contributed by atoms with van der Waals surface area (Å²) < 4.78 is 0. The van der Waals surface area contributed by atoms with Crippen LogP contribution in [0.2, 0.25) is 0 Å². The standard InChI is InChI=1S/C18H36O3/c1-2-3-4-5-8-11-14-17(19)15-12-9-6-7-10-13-16-18(20)21/h17,19H,2-16H2,1H3,(H,20,21)/p-1. The molecule has 0 spiro atoms. The molecule has 0 aliphatic heterocycles. The van der Waals surface area contributed by atoms with Gasteiger partial charge in [-0.05, 0) is 25.7 Å². The molecule has 0 amide bonds. The molecule has 0 radical (unpaired) electrons. The summed E-state index contributed by atoms with van der Waals surface area (Å²) in [5.74, 6) is -0.937. The zero-order chi connectivity index (χ0) is 15.8. The van der Waals surface area contributed by atoms with Crippen molar-refractivity contribution in [2.24, 2.45) is 0 Å². The number of carboxylic acid groups (broad SMARTS) is 1. The van der Waals surface area contributed by atoms with Gasteiger partial charge >= 0.3 is 0 Å². The van der Waals surface area contributed by atoms with Crippen LogP contribution in [-0.2, 0) is 4.79 Å². The summed E-state index contributed by atoms with van der Waals surface area (Å²) in [5.41, 5.74) is 0. The van der Waals surface area contributed by atoms with Gasteiger partial charge in [0.1, 0.15) is 0 Å². The third-order valence-corrected chi connectivity index (χ3v) is 4.06. The lowest BCUT2D eigenvalue weighted by Crippen LogP contribution is -2.21. The van der Waals surface area contributed by atoms with E-state index in [9.17, 15) is 15.0 Å². The van der Waals surface area contributed by atoms with Gasteiger partial charge in [0.15, 0.2) is 0 Å². The predicted molar refractivity (Wildman–Crippen MR) is 85.9 cm³/mol. The highest BCUT2D eigenvalue weighted by atomic mass is 16.4. The Bertz CT molecular complexity index is 229. The molecular formula is C18H35O3-. The molecule has 126 valence electrons. The largest absolute Gasteiger partial charge is 0.550 e. The van der Waals surface area contributed by atoms with E-state index < -0.39 is 5.97 Å². The molecule has 3 heteroatoms. The Labute approximate surface area is 131 Å². The second-order valence-electron chi connectivity index (χ2n) is 6.24. The van der Waals surface area contributed by atoms with Crippen LogP contribution in [0.1, 0.15) is 103 Å². The van der Waals surface area contributed by atoms with Crippen molar-refractivity contribution in [3.05, 3.63) is 0 Å². The fourth-order valence-corrected chi connectivity index (χ4v) is 2.66. The molecule has 0 aliphatic carbocycles. The molecule has 0 saturated carbocycles. The Morgan fingerprint density at radius 1 is 0.810 bits per heavy atom. The van der Waals surface area contributed by atoms with Crippen LogP contribution in [0.15, 0.2) is 0 Å². The normalized spacial score (nSPS) is 12.5. The van der Waals surface area contributed by atoms with Gasteiger partial charge in [0.05, 0.1) is 6.10 Å². The number of hydrogen-bond donors (Lipinski definition) is 1. The van der Waals surface area contributed by atoms with Gasteiger partial charge in [-0.25, -0.2) is 0 Å². The fraction of sp³-hybridized carbons (Fsp3) is 0.944. The second-order valence-corrected chi connectivity index (χ2v) is 6.24. The van der Waals surface area contributed by atoms with Crippen LogP contribution in [0.25, 0.3) is 0 Å². The van der Waals surface area contributed by atoms with Gasteiger partial charge in [-0.3, -0.25) is 0 Å². The van der Waals surface area contributed by atoms with Crippen LogP contribution < -0.4 is 5.11 Å². The molecule has 1 N–H and O–H groups in total. The lowest BCUT2D eigenvalue weighted by Gasteiger charge is -2.10. The highest BCUT2D eigenvalue weighted by molar-refractivity contribution is 5.63. The van der Waals surface area contributed by atoms with E-state index in [1.165, 1.54) is 32.1 Å². The molecule has 0 bridgehead atoms. The molecule has 0 aromatic rings. The number of aliphatic hydroxyl groups excluding tert-OH is 1. The number of unbranched alkanes of at least 4 members (excludes halogenated alkanes) is 10. The van der Waals surface area contributed by atoms with E-state index in [0.717, 1.165) is 57.8 Å². The quantitative estimate of drug-likeness (QED) is 0.439. The molecular weight excluding hydrogens is 264 g/mol. The van der Waals surface area contributed by atoms with Gasteiger partial charge in [-0.1, -0.05) is 77.6 Å². The summed E-state index contributed by atoms with van der Waals surface area (Å²) in [4.78, 5) is 10.2. The smallest absolute Gasteiger partial charge is 0.0540 e. The first-order chi connectivity index (χ1) is 10.2. The first kappa shape index (κ1) is 20.4. The van der Waals surface area contributed by atoms with Crippen LogP contribution in [0, 0.1) is 0 Å². The van der Waals surface area contributed by atoms with Crippen molar-refractivity contribution in [3.63, 3.8) is 0 Å². The summed E-state index contributed by atoms with van der Waals surface area (Å²) in [5, 5.41) is 20.1. The van der Waals surface area contributed by atoms with E-state index in [0.29, 0.717) is 0 Å². The molecule has 21 heavy (non-hydrogen) atoms. The zero-order valence-corrected chi connectivity index (χ0v) is 13.9. The molecule has 0 aromatic carbocycles. The minimum Gasteiger partial charge on any atom is -0.550 e. The fourth-order valence-electron chi connectivity index (χ4n) is 2.66. The lowest BCUT2D eigenvalue weighted by atomic mass is 10.0. The number of carbonyl (C=O) groups is 1. The molecule has 0 heterocycles. The Morgan fingerprint density at radius 2 is 1.24 bits per heavy atom. The van der Waals surface area contributed by atoms with E-state index >= 15 is 0 Å². The summed E-state index contributed by atoms with van der Waals surface area (Å²) in [6.45, 7) is 2.23. The van der Waals surface area contributed by atoms with Crippen molar-refractivity contribution in [2.75, 3.05) is 0 Å². The van der Waals surface area contributed by atoms with Gasteiger partial charge in [0.2, 0.25) is 0 Å². The average molecular weight is 299 g/mol. The second kappa shape index (κ2) is 15.8. The van der Waals surface area contributed by atoms with Crippen molar-refractivity contribution in [3.8, 4) is 0 Å². The highest BCUT2D eigenvalue weighted by Crippen LogP contribution is 2.14. The molecule has 0 aliphatic rings. The van der Waals surface area contributed by atoms with E-state index in [4.69, 9.17) is 0 Å². The SMILES string of the molecule is CCCCCCCCC(O)CCCCCCCCC(=O)[O-]. The van der Waals surface area contributed by atoms with E-state index in [2.05, 4.69) is 6.92 Å². The monoisotopic (exact) mass is 299 g/mol. The van der Waals surface area contributed by atoms with Crippen molar-refractivity contribution in [2.45, 2.75) is 109 Å². The van der Waals surface area contributed by atoms with Gasteiger partial charge in [0, 0.05) is 5.97 Å². The molecule has 0 aromatic heterocycles. The molecule has 0 fully saturated rings. The van der Waals surface area contributed by atoms with E-state index in [1.807, 2.05) is 0 Å². The first-order valence-electron chi connectivity index (χ1n) is 9.04. The summed E-state index contributed by atoms with van der Waals surface area (Å²) in [7, 11) is 0. The maximum absolute atomic E-state index is 10.2. The summed E-state index contributed by atoms with van der Waals surface area (Å²) >= 11 is 0. The molecule has 3 nitrogen and oxygen atoms in total. The van der Waals surface area contributed by atoms with Crippen molar-refractivity contribution in [1.82, 2.24) is 0 Å². The minimum absolute atomic E-state index is 0.116. The number of aliphatic hydroxyl groups is 1. The first-order valence-corrected chi connectivity index (χ1v) is 9.04. The van der Waals surface area contributed by atoms with Crippen molar-refractivity contribution >= 4 is 5.97 Å². The van der Waals surface area contributed by atoms with Gasteiger partial charge in [-0.15, -0.1) is 0 Å². The zero-order valence-electron chi connectivity index (χ0n) is 13.9. The third-order valence-electron chi connectivity index (χ3n) is 4.06. The number of carboxylic acids is 1. The van der Waals surface area contributed by atoms with Crippen LogP contribution in [0.4, 0.5) is 0 Å². The Morgan fingerprint density at radius 3 is 1.71 bits per heavy atom. The van der Waals surface area contributed by atoms with Gasteiger partial charge in [-0.2, -0.15) is 0 Å². The highest BCUT2D eigenvalue weighted by Gasteiger charge is 2.03.